The number of aryl methyl sites for hydroxylation is 1. The number of rotatable bonds is 4. The van der Waals surface area contributed by atoms with E-state index in [9.17, 15) is 18.0 Å². The molecule has 0 saturated carbocycles. The molecule has 0 spiro atoms. The number of hydrogen-bond acceptors (Lipinski definition) is 3. The van der Waals surface area contributed by atoms with E-state index in [1.807, 2.05) is 7.05 Å². The van der Waals surface area contributed by atoms with Gasteiger partial charge in [0.15, 0.2) is 5.69 Å². The Morgan fingerprint density at radius 2 is 2.08 bits per heavy atom. The zero-order chi connectivity index (χ0) is 18.9. The van der Waals surface area contributed by atoms with Crippen LogP contribution in [0.1, 0.15) is 28.0 Å². The van der Waals surface area contributed by atoms with Gasteiger partial charge in [0.05, 0.1) is 17.4 Å². The van der Waals surface area contributed by atoms with Crippen LogP contribution < -0.4 is 5.32 Å². The summed E-state index contributed by atoms with van der Waals surface area (Å²) in [7, 11) is 1.82. The van der Waals surface area contributed by atoms with Crippen LogP contribution in [-0.4, -0.2) is 47.3 Å². The number of likely N-dealkylation sites (tertiary alicyclic amines) is 1. The van der Waals surface area contributed by atoms with Gasteiger partial charge in [0, 0.05) is 13.1 Å². The van der Waals surface area contributed by atoms with Gasteiger partial charge in [-0.3, -0.25) is 4.79 Å². The molecule has 1 fully saturated rings. The van der Waals surface area contributed by atoms with E-state index in [2.05, 4.69) is 10.4 Å². The van der Waals surface area contributed by atoms with Crippen molar-refractivity contribution in [2.45, 2.75) is 19.5 Å². The van der Waals surface area contributed by atoms with E-state index in [1.54, 1.807) is 31.2 Å². The van der Waals surface area contributed by atoms with Crippen molar-refractivity contribution < 1.29 is 18.0 Å². The highest BCUT2D eigenvalue weighted by atomic mass is 19.4. The Morgan fingerprint density at radius 3 is 2.73 bits per heavy atom. The highest BCUT2D eigenvalue weighted by Crippen LogP contribution is 2.35. The Bertz CT molecular complexity index is 800. The average Bonchev–Trinajstić information content (AvgIpc) is 3.21. The highest BCUT2D eigenvalue weighted by Gasteiger charge is 2.42. The molecule has 1 aromatic heterocycles. The summed E-state index contributed by atoms with van der Waals surface area (Å²) in [6.07, 6.45) is -2.88. The molecular weight excluding hydrogens is 345 g/mol. The number of aromatic nitrogens is 2. The first-order chi connectivity index (χ1) is 12.3. The molecule has 1 unspecified atom stereocenters. The molecule has 1 N–H and O–H groups in total. The first-order valence-electron chi connectivity index (χ1n) is 8.48. The molecule has 0 radical (unpaired) electrons. The normalized spacial score (nSPS) is 17.7. The smallest absolute Gasteiger partial charge is 0.338 e. The van der Waals surface area contributed by atoms with E-state index >= 15 is 0 Å². The third-order valence-corrected chi connectivity index (χ3v) is 4.68. The minimum atomic E-state index is -4.69. The summed E-state index contributed by atoms with van der Waals surface area (Å²) < 4.78 is 42.1. The molecule has 3 rings (SSSR count). The molecule has 0 aliphatic carbocycles. The van der Waals surface area contributed by atoms with E-state index in [4.69, 9.17) is 0 Å². The Balaban J connectivity index is 1.99. The van der Waals surface area contributed by atoms with Crippen molar-refractivity contribution in [1.29, 1.82) is 0 Å². The molecule has 1 aliphatic heterocycles. The van der Waals surface area contributed by atoms with Gasteiger partial charge in [-0.15, -0.1) is 0 Å². The summed E-state index contributed by atoms with van der Waals surface area (Å²) in [4.78, 5) is 14.2. The quantitative estimate of drug-likeness (QED) is 0.905. The maximum atomic E-state index is 13.8. The topological polar surface area (TPSA) is 50.2 Å². The minimum Gasteiger partial charge on any atom is -0.338 e. The van der Waals surface area contributed by atoms with Crippen LogP contribution >= 0.6 is 0 Å². The lowest BCUT2D eigenvalue weighted by Gasteiger charge is -2.18. The van der Waals surface area contributed by atoms with E-state index in [0.717, 1.165) is 23.8 Å². The van der Waals surface area contributed by atoms with Gasteiger partial charge in [0.1, 0.15) is 0 Å². The standard InChI is InChI=1S/C18H21F3N4O/c1-12-5-3-4-6-15(12)25-16(18(19,20)21)14(10-23-25)17(26)24-8-7-13(11-24)9-22-2/h3-6,10,13,22H,7-9,11H2,1-2H3. The molecule has 1 aliphatic rings. The van der Waals surface area contributed by atoms with Crippen LogP contribution in [0.5, 0.6) is 0 Å². The molecule has 5 nitrogen and oxygen atoms in total. The molecule has 26 heavy (non-hydrogen) atoms. The predicted octanol–water partition coefficient (Wildman–Crippen LogP) is 2.88. The maximum Gasteiger partial charge on any atom is 0.434 e. The molecule has 1 amide bonds. The van der Waals surface area contributed by atoms with Gasteiger partial charge in [-0.05, 0) is 44.5 Å². The van der Waals surface area contributed by atoms with E-state index < -0.39 is 23.3 Å². The Hall–Kier alpha value is -2.35. The summed E-state index contributed by atoms with van der Waals surface area (Å²) in [6.45, 7) is 3.35. The van der Waals surface area contributed by atoms with Crippen molar-refractivity contribution >= 4 is 5.91 Å². The number of carbonyl (C=O) groups excluding carboxylic acids is 1. The largest absolute Gasteiger partial charge is 0.434 e. The number of carbonyl (C=O) groups is 1. The molecule has 1 aromatic carbocycles. The molecule has 1 saturated heterocycles. The van der Waals surface area contributed by atoms with Crippen LogP contribution in [0.15, 0.2) is 30.5 Å². The lowest BCUT2D eigenvalue weighted by molar-refractivity contribution is -0.143. The number of benzene rings is 1. The van der Waals surface area contributed by atoms with Crippen LogP contribution in [0, 0.1) is 12.8 Å². The number of halogens is 3. The van der Waals surface area contributed by atoms with Crippen LogP contribution in [0.2, 0.25) is 0 Å². The number of alkyl halides is 3. The van der Waals surface area contributed by atoms with Gasteiger partial charge in [0.2, 0.25) is 0 Å². The first kappa shape index (κ1) is 18.4. The maximum absolute atomic E-state index is 13.8. The fourth-order valence-electron chi connectivity index (χ4n) is 3.40. The third kappa shape index (κ3) is 3.46. The fourth-order valence-corrected chi connectivity index (χ4v) is 3.40. The first-order valence-corrected chi connectivity index (χ1v) is 8.48. The van der Waals surface area contributed by atoms with Crippen LogP contribution in [0.3, 0.4) is 0 Å². The second kappa shape index (κ2) is 7.11. The predicted molar refractivity (Wildman–Crippen MR) is 91.2 cm³/mol. The highest BCUT2D eigenvalue weighted by molar-refractivity contribution is 5.95. The van der Waals surface area contributed by atoms with Crippen molar-refractivity contribution in [2.75, 3.05) is 26.7 Å². The van der Waals surface area contributed by atoms with Gasteiger partial charge in [-0.1, -0.05) is 18.2 Å². The minimum absolute atomic E-state index is 0.254. The lowest BCUT2D eigenvalue weighted by atomic mass is 10.1. The SMILES string of the molecule is CNCC1CCN(C(=O)c2cnn(-c3ccccc3C)c2C(F)(F)F)C1. The Morgan fingerprint density at radius 1 is 1.35 bits per heavy atom. The van der Waals surface area contributed by atoms with Gasteiger partial charge in [0.25, 0.3) is 5.91 Å². The summed E-state index contributed by atoms with van der Waals surface area (Å²) in [5.41, 5.74) is -0.455. The van der Waals surface area contributed by atoms with Crippen molar-refractivity contribution in [2.24, 2.45) is 5.92 Å². The zero-order valence-corrected chi connectivity index (χ0v) is 14.7. The lowest BCUT2D eigenvalue weighted by Crippen LogP contribution is -2.32. The Labute approximate surface area is 149 Å². The van der Waals surface area contributed by atoms with E-state index in [-0.39, 0.29) is 5.92 Å². The van der Waals surface area contributed by atoms with Crippen molar-refractivity contribution in [1.82, 2.24) is 20.0 Å². The number of hydrogen-bond donors (Lipinski definition) is 1. The second-order valence-electron chi connectivity index (χ2n) is 6.57. The van der Waals surface area contributed by atoms with E-state index in [1.165, 1.54) is 4.90 Å². The van der Waals surface area contributed by atoms with Crippen molar-refractivity contribution in [3.05, 3.63) is 47.3 Å². The molecule has 0 bridgehead atoms. The number of nitrogens with zero attached hydrogens (tertiary/aromatic N) is 3. The molecular formula is C18H21F3N4O. The summed E-state index contributed by atoms with van der Waals surface area (Å²) in [5.74, 6) is -0.361. The van der Waals surface area contributed by atoms with Gasteiger partial charge in [-0.25, -0.2) is 4.68 Å². The van der Waals surface area contributed by atoms with Gasteiger partial charge >= 0.3 is 6.18 Å². The Kier molecular flexibility index (Phi) is 5.04. The summed E-state index contributed by atoms with van der Waals surface area (Å²) >= 11 is 0. The van der Waals surface area contributed by atoms with Crippen molar-refractivity contribution in [3.63, 3.8) is 0 Å². The number of nitrogens with one attached hydrogen (secondary N) is 1. The van der Waals surface area contributed by atoms with E-state index in [0.29, 0.717) is 24.3 Å². The molecule has 8 heteroatoms. The number of para-hydroxylation sites is 1. The van der Waals surface area contributed by atoms with Crippen LogP contribution in [-0.2, 0) is 6.18 Å². The molecule has 1 atom stereocenters. The van der Waals surface area contributed by atoms with Crippen LogP contribution in [0.4, 0.5) is 13.2 Å². The molecule has 140 valence electrons. The zero-order valence-electron chi connectivity index (χ0n) is 14.7. The summed E-state index contributed by atoms with van der Waals surface area (Å²) in [5, 5.41) is 6.94. The molecule has 2 heterocycles. The fraction of sp³-hybridized carbons (Fsp3) is 0.444. The molecule has 2 aromatic rings. The average molecular weight is 366 g/mol. The third-order valence-electron chi connectivity index (χ3n) is 4.68. The second-order valence-corrected chi connectivity index (χ2v) is 6.57. The van der Waals surface area contributed by atoms with Gasteiger partial charge in [-0.2, -0.15) is 18.3 Å². The van der Waals surface area contributed by atoms with Crippen LogP contribution in [0.25, 0.3) is 5.69 Å². The van der Waals surface area contributed by atoms with Gasteiger partial charge < -0.3 is 10.2 Å². The monoisotopic (exact) mass is 366 g/mol. The summed E-state index contributed by atoms with van der Waals surface area (Å²) in [6, 6.07) is 6.66. The van der Waals surface area contributed by atoms with Crippen molar-refractivity contribution in [3.8, 4) is 5.69 Å². The number of amides is 1.